The van der Waals surface area contributed by atoms with Crippen molar-refractivity contribution in [2.45, 2.75) is 62.9 Å². The number of halogens is 1. The largest absolute Gasteiger partial charge is 0.349 e. The zero-order chi connectivity index (χ0) is 19.7. The van der Waals surface area contributed by atoms with Crippen molar-refractivity contribution in [2.75, 3.05) is 6.54 Å². The number of carbonyl (C=O) groups excluding carboxylic acids is 3. The Morgan fingerprint density at radius 2 is 1.86 bits per heavy atom. The van der Waals surface area contributed by atoms with E-state index in [0.717, 1.165) is 37.7 Å². The van der Waals surface area contributed by atoms with E-state index >= 15 is 0 Å². The number of hydrogen-bond donors (Lipinski definition) is 2. The summed E-state index contributed by atoms with van der Waals surface area (Å²) in [6.07, 6.45) is 6.68. The molecule has 1 heterocycles. The van der Waals surface area contributed by atoms with E-state index in [4.69, 9.17) is 11.6 Å². The maximum atomic E-state index is 12.8. The first-order chi connectivity index (χ1) is 13.5. The van der Waals surface area contributed by atoms with Crippen molar-refractivity contribution in [1.29, 1.82) is 0 Å². The van der Waals surface area contributed by atoms with Crippen LogP contribution in [0.5, 0.6) is 0 Å². The van der Waals surface area contributed by atoms with Gasteiger partial charge < -0.3 is 10.6 Å². The highest BCUT2D eigenvalue weighted by molar-refractivity contribution is 6.30. The quantitative estimate of drug-likeness (QED) is 0.713. The summed E-state index contributed by atoms with van der Waals surface area (Å²) in [5.74, 6) is 0.130. The summed E-state index contributed by atoms with van der Waals surface area (Å²) in [7, 11) is 0. The van der Waals surface area contributed by atoms with E-state index in [2.05, 4.69) is 10.6 Å². The van der Waals surface area contributed by atoms with E-state index < -0.39 is 5.54 Å². The van der Waals surface area contributed by atoms with Crippen molar-refractivity contribution in [1.82, 2.24) is 15.5 Å². The molecule has 0 radical (unpaired) electrons. The standard InChI is InChI=1S/C21H26ClN3O3/c22-16-8-6-15(7-9-16)18(14-4-5-14)23-17(26)10-13-25-19(27)21(24-20(25)28)11-2-1-3-12-21/h6-9,14,18H,1-5,10-13H2,(H,23,26)(H,24,28)/t18-/m0/s1. The van der Waals surface area contributed by atoms with Gasteiger partial charge in [-0.05, 0) is 49.3 Å². The van der Waals surface area contributed by atoms with Crippen LogP contribution >= 0.6 is 11.6 Å². The molecule has 4 rings (SSSR count). The molecule has 0 aromatic heterocycles. The Kier molecular flexibility index (Phi) is 5.32. The summed E-state index contributed by atoms with van der Waals surface area (Å²) < 4.78 is 0. The molecule has 1 spiro atoms. The minimum atomic E-state index is -0.730. The van der Waals surface area contributed by atoms with Gasteiger partial charge in [0, 0.05) is 18.0 Å². The molecule has 6 nitrogen and oxygen atoms in total. The Labute approximate surface area is 170 Å². The number of rotatable bonds is 6. The molecule has 150 valence electrons. The van der Waals surface area contributed by atoms with Crippen molar-refractivity contribution in [3.05, 3.63) is 34.9 Å². The number of nitrogens with one attached hydrogen (secondary N) is 2. The van der Waals surface area contributed by atoms with Crippen molar-refractivity contribution in [3.63, 3.8) is 0 Å². The van der Waals surface area contributed by atoms with E-state index in [1.807, 2.05) is 24.3 Å². The molecule has 3 aliphatic rings. The average Bonchev–Trinajstić information content (AvgIpc) is 3.49. The van der Waals surface area contributed by atoms with Crippen molar-refractivity contribution >= 4 is 29.4 Å². The minimum Gasteiger partial charge on any atom is -0.349 e. The van der Waals surface area contributed by atoms with Crippen LogP contribution in [-0.4, -0.2) is 34.8 Å². The molecule has 28 heavy (non-hydrogen) atoms. The Bertz CT molecular complexity index is 770. The van der Waals surface area contributed by atoms with Gasteiger partial charge in [-0.25, -0.2) is 4.79 Å². The fourth-order valence-corrected chi connectivity index (χ4v) is 4.53. The normalized spacial score (nSPS) is 22.2. The van der Waals surface area contributed by atoms with Crippen molar-refractivity contribution < 1.29 is 14.4 Å². The molecule has 2 saturated carbocycles. The number of nitrogens with zero attached hydrogens (tertiary/aromatic N) is 1. The van der Waals surface area contributed by atoms with Gasteiger partial charge in [0.2, 0.25) is 5.91 Å². The van der Waals surface area contributed by atoms with E-state index in [1.165, 1.54) is 4.90 Å². The first-order valence-electron chi connectivity index (χ1n) is 10.2. The third-order valence-electron chi connectivity index (χ3n) is 6.15. The molecule has 2 N–H and O–H groups in total. The summed E-state index contributed by atoms with van der Waals surface area (Å²) in [5.41, 5.74) is 0.308. The second-order valence-electron chi connectivity index (χ2n) is 8.21. The van der Waals surface area contributed by atoms with Crippen LogP contribution in [0.4, 0.5) is 4.79 Å². The molecule has 1 aliphatic heterocycles. The van der Waals surface area contributed by atoms with Crippen LogP contribution in [0.2, 0.25) is 5.02 Å². The van der Waals surface area contributed by atoms with E-state index in [0.29, 0.717) is 23.8 Å². The fraction of sp³-hybridized carbons (Fsp3) is 0.571. The van der Waals surface area contributed by atoms with Crippen LogP contribution in [0.3, 0.4) is 0 Å². The lowest BCUT2D eigenvalue weighted by atomic mass is 9.82. The van der Waals surface area contributed by atoms with Gasteiger partial charge in [-0.3, -0.25) is 14.5 Å². The van der Waals surface area contributed by atoms with E-state index in [9.17, 15) is 14.4 Å². The van der Waals surface area contributed by atoms with Gasteiger partial charge in [-0.2, -0.15) is 0 Å². The zero-order valence-corrected chi connectivity index (χ0v) is 16.6. The van der Waals surface area contributed by atoms with Crippen LogP contribution < -0.4 is 10.6 Å². The molecule has 1 saturated heterocycles. The number of hydrogen-bond acceptors (Lipinski definition) is 3. The number of carbonyl (C=O) groups is 3. The van der Waals surface area contributed by atoms with Crippen LogP contribution in [0, 0.1) is 5.92 Å². The predicted molar refractivity (Wildman–Crippen MR) is 106 cm³/mol. The molecule has 7 heteroatoms. The number of imide groups is 1. The first-order valence-corrected chi connectivity index (χ1v) is 10.6. The molecule has 4 amide bonds. The van der Waals surface area contributed by atoms with Crippen LogP contribution in [-0.2, 0) is 9.59 Å². The van der Waals surface area contributed by atoms with Crippen LogP contribution in [0.1, 0.15) is 63.0 Å². The number of urea groups is 1. The molecular formula is C21H26ClN3O3. The fourth-order valence-electron chi connectivity index (χ4n) is 4.41. The average molecular weight is 404 g/mol. The second kappa shape index (κ2) is 7.74. The van der Waals surface area contributed by atoms with Crippen molar-refractivity contribution in [3.8, 4) is 0 Å². The lowest BCUT2D eigenvalue weighted by Crippen LogP contribution is -2.48. The molecular weight excluding hydrogens is 378 g/mol. The van der Waals surface area contributed by atoms with Gasteiger partial charge in [0.25, 0.3) is 5.91 Å². The highest BCUT2D eigenvalue weighted by atomic mass is 35.5. The van der Waals surface area contributed by atoms with Gasteiger partial charge in [-0.15, -0.1) is 0 Å². The van der Waals surface area contributed by atoms with Gasteiger partial charge >= 0.3 is 6.03 Å². The molecule has 0 unspecified atom stereocenters. The lowest BCUT2D eigenvalue weighted by molar-refractivity contribution is -0.132. The molecule has 0 bridgehead atoms. The Hall–Kier alpha value is -2.08. The zero-order valence-electron chi connectivity index (χ0n) is 15.9. The third-order valence-corrected chi connectivity index (χ3v) is 6.41. The lowest BCUT2D eigenvalue weighted by Gasteiger charge is -2.30. The number of amides is 4. The number of benzene rings is 1. The van der Waals surface area contributed by atoms with Gasteiger partial charge in [0.1, 0.15) is 5.54 Å². The highest BCUT2D eigenvalue weighted by Gasteiger charge is 2.51. The van der Waals surface area contributed by atoms with Crippen LogP contribution in [0.25, 0.3) is 0 Å². The highest BCUT2D eigenvalue weighted by Crippen LogP contribution is 2.41. The Balaban J connectivity index is 1.35. The summed E-state index contributed by atoms with van der Waals surface area (Å²) >= 11 is 5.97. The summed E-state index contributed by atoms with van der Waals surface area (Å²) in [4.78, 5) is 38.9. The topological polar surface area (TPSA) is 78.5 Å². The van der Waals surface area contributed by atoms with Crippen molar-refractivity contribution in [2.24, 2.45) is 5.92 Å². The molecule has 3 fully saturated rings. The minimum absolute atomic E-state index is 0.0439. The van der Waals surface area contributed by atoms with Gasteiger partial charge in [0.05, 0.1) is 6.04 Å². The molecule has 2 aliphatic carbocycles. The molecule has 1 aromatic carbocycles. The second-order valence-corrected chi connectivity index (χ2v) is 8.65. The summed E-state index contributed by atoms with van der Waals surface area (Å²) in [6.45, 7) is 0.121. The Morgan fingerprint density at radius 3 is 2.50 bits per heavy atom. The van der Waals surface area contributed by atoms with Gasteiger partial charge in [-0.1, -0.05) is 43.0 Å². The monoisotopic (exact) mass is 403 g/mol. The van der Waals surface area contributed by atoms with E-state index in [1.54, 1.807) is 0 Å². The predicted octanol–water partition coefficient (Wildman–Crippen LogP) is 3.55. The maximum absolute atomic E-state index is 12.8. The first kappa shape index (κ1) is 19.2. The van der Waals surface area contributed by atoms with E-state index in [-0.39, 0.29) is 36.9 Å². The summed E-state index contributed by atoms with van der Waals surface area (Å²) in [6, 6.07) is 7.13. The Morgan fingerprint density at radius 1 is 1.18 bits per heavy atom. The SMILES string of the molecule is O=C(CCN1C(=O)NC2(CCCCC2)C1=O)N[C@H](c1ccc(Cl)cc1)C1CC1. The molecule has 1 atom stereocenters. The maximum Gasteiger partial charge on any atom is 0.325 e. The molecule has 1 aromatic rings. The van der Waals surface area contributed by atoms with Gasteiger partial charge in [0.15, 0.2) is 0 Å². The summed E-state index contributed by atoms with van der Waals surface area (Å²) in [5, 5.41) is 6.64. The smallest absolute Gasteiger partial charge is 0.325 e. The van der Waals surface area contributed by atoms with Crippen LogP contribution in [0.15, 0.2) is 24.3 Å². The third kappa shape index (κ3) is 3.88.